The largest absolute Gasteiger partial charge is 0.471 e. The maximum Gasteiger partial charge on any atom is 0.471 e. The number of ether oxygens (including phenoxy) is 1. The lowest BCUT2D eigenvalue weighted by Gasteiger charge is -2.18. The Morgan fingerprint density at radius 3 is 1.96 bits per heavy atom. The van der Waals surface area contributed by atoms with Crippen LogP contribution in [0.25, 0.3) is 0 Å². The number of rotatable bonds is 8. The Labute approximate surface area is 132 Å². The number of hydrogen-bond donors (Lipinski definition) is 2. The summed E-state index contributed by atoms with van der Waals surface area (Å²) in [4.78, 5) is 32.9. The Kier molecular flexibility index (Phi) is 8.54. The average molecular weight is 366 g/mol. The number of esters is 1. The van der Waals surface area contributed by atoms with Gasteiger partial charge >= 0.3 is 30.1 Å². The van der Waals surface area contributed by atoms with Crippen molar-refractivity contribution in [1.82, 2.24) is 10.6 Å². The standard InChI is InChI=1S/C12H16F6N2O4/c1-2-24-8(21)7(20-10(23)12(16,17)18)5-3-4-6-19-9(22)11(13,14)15/h7H,2-6H2,1H3,(H,19,22)(H,20,23)/t7-/m1/s1. The molecule has 0 bridgehead atoms. The highest BCUT2D eigenvalue weighted by Crippen LogP contribution is 2.16. The second kappa shape index (κ2) is 9.33. The van der Waals surface area contributed by atoms with Gasteiger partial charge in [-0.05, 0) is 26.2 Å². The minimum absolute atomic E-state index is 0.0280. The maximum absolute atomic E-state index is 12.2. The number of unbranched alkanes of at least 4 members (excludes halogenated alkanes) is 1. The van der Waals surface area contributed by atoms with Crippen LogP contribution in [-0.4, -0.2) is 49.3 Å². The predicted octanol–water partition coefficient (Wildman–Crippen LogP) is 1.45. The molecule has 0 aliphatic carbocycles. The monoisotopic (exact) mass is 366 g/mol. The molecule has 140 valence electrons. The zero-order valence-corrected chi connectivity index (χ0v) is 12.5. The van der Waals surface area contributed by atoms with Gasteiger partial charge in [0, 0.05) is 6.54 Å². The van der Waals surface area contributed by atoms with Gasteiger partial charge in [-0.15, -0.1) is 0 Å². The zero-order valence-electron chi connectivity index (χ0n) is 12.5. The number of carbonyl (C=O) groups excluding carboxylic acids is 3. The first-order chi connectivity index (χ1) is 10.9. The normalized spacial score (nSPS) is 13.1. The van der Waals surface area contributed by atoms with Crippen LogP contribution in [-0.2, 0) is 19.1 Å². The maximum atomic E-state index is 12.2. The van der Waals surface area contributed by atoms with Gasteiger partial charge in [0.15, 0.2) is 0 Å². The molecule has 0 heterocycles. The van der Waals surface area contributed by atoms with Gasteiger partial charge in [0.2, 0.25) is 0 Å². The van der Waals surface area contributed by atoms with Crippen molar-refractivity contribution in [3.63, 3.8) is 0 Å². The van der Waals surface area contributed by atoms with Gasteiger partial charge in [-0.2, -0.15) is 26.3 Å². The molecule has 0 aromatic rings. The molecule has 0 aliphatic heterocycles. The smallest absolute Gasteiger partial charge is 0.464 e. The number of hydrogen-bond acceptors (Lipinski definition) is 4. The molecular formula is C12H16F6N2O4. The molecular weight excluding hydrogens is 350 g/mol. The molecule has 0 aliphatic rings. The molecule has 0 spiro atoms. The second-order valence-electron chi connectivity index (χ2n) is 4.53. The summed E-state index contributed by atoms with van der Waals surface area (Å²) in [6.45, 7) is 0.896. The van der Waals surface area contributed by atoms with Gasteiger partial charge in [-0.1, -0.05) is 0 Å². The van der Waals surface area contributed by atoms with Crippen LogP contribution >= 0.6 is 0 Å². The Balaban J connectivity index is 4.40. The van der Waals surface area contributed by atoms with Crippen molar-refractivity contribution < 1.29 is 45.5 Å². The first-order valence-corrected chi connectivity index (χ1v) is 6.79. The van der Waals surface area contributed by atoms with Crippen molar-refractivity contribution in [3.05, 3.63) is 0 Å². The van der Waals surface area contributed by atoms with Gasteiger partial charge < -0.3 is 15.4 Å². The van der Waals surface area contributed by atoms with Crippen molar-refractivity contribution in [2.75, 3.05) is 13.2 Å². The van der Waals surface area contributed by atoms with Crippen LogP contribution in [0.5, 0.6) is 0 Å². The van der Waals surface area contributed by atoms with Crippen molar-refractivity contribution in [2.45, 2.75) is 44.6 Å². The SMILES string of the molecule is CCOC(=O)[C@@H](CCCCNC(=O)C(F)(F)F)NC(=O)C(F)(F)F. The van der Waals surface area contributed by atoms with E-state index in [-0.39, 0.29) is 32.4 Å². The van der Waals surface area contributed by atoms with Crippen molar-refractivity contribution in [1.29, 1.82) is 0 Å². The molecule has 0 fully saturated rings. The predicted molar refractivity (Wildman–Crippen MR) is 67.5 cm³/mol. The fraction of sp³-hybridized carbons (Fsp3) is 0.750. The molecule has 6 nitrogen and oxygen atoms in total. The molecule has 0 rings (SSSR count). The highest BCUT2D eigenvalue weighted by atomic mass is 19.4. The van der Waals surface area contributed by atoms with Gasteiger partial charge in [-0.25, -0.2) is 4.79 Å². The van der Waals surface area contributed by atoms with E-state index in [1.807, 2.05) is 0 Å². The van der Waals surface area contributed by atoms with Crippen LogP contribution in [0.2, 0.25) is 0 Å². The summed E-state index contributed by atoms with van der Waals surface area (Å²) in [5, 5.41) is 3.03. The molecule has 12 heteroatoms. The number of amides is 2. The molecule has 2 N–H and O–H groups in total. The van der Waals surface area contributed by atoms with Crippen LogP contribution in [0.4, 0.5) is 26.3 Å². The summed E-state index contributed by atoms with van der Waals surface area (Å²) in [5.41, 5.74) is 0. The third-order valence-electron chi connectivity index (χ3n) is 2.60. The Morgan fingerprint density at radius 2 is 1.50 bits per heavy atom. The summed E-state index contributed by atoms with van der Waals surface area (Å²) in [5.74, 6) is -5.56. The summed E-state index contributed by atoms with van der Waals surface area (Å²) in [7, 11) is 0. The Morgan fingerprint density at radius 1 is 0.958 bits per heavy atom. The summed E-state index contributed by atoms with van der Waals surface area (Å²) < 4.78 is 76.8. The zero-order chi connectivity index (χ0) is 19.0. The molecule has 2 amide bonds. The van der Waals surface area contributed by atoms with Gasteiger partial charge in [0.1, 0.15) is 6.04 Å². The van der Waals surface area contributed by atoms with Gasteiger partial charge in [-0.3, -0.25) is 9.59 Å². The average Bonchev–Trinajstić information content (AvgIpc) is 2.43. The van der Waals surface area contributed by atoms with E-state index in [2.05, 4.69) is 4.74 Å². The van der Waals surface area contributed by atoms with Crippen LogP contribution < -0.4 is 10.6 Å². The Hall–Kier alpha value is -2.01. The Bertz CT molecular complexity index is 450. The molecule has 0 aromatic carbocycles. The van der Waals surface area contributed by atoms with E-state index in [0.29, 0.717) is 0 Å². The molecule has 0 radical (unpaired) electrons. The van der Waals surface area contributed by atoms with Crippen molar-refractivity contribution >= 4 is 17.8 Å². The summed E-state index contributed by atoms with van der Waals surface area (Å²) in [6.07, 6.45) is -10.6. The molecule has 1 atom stereocenters. The minimum Gasteiger partial charge on any atom is -0.464 e. The molecule has 0 aromatic heterocycles. The van der Waals surface area contributed by atoms with E-state index in [1.165, 1.54) is 12.2 Å². The van der Waals surface area contributed by atoms with Gasteiger partial charge in [0.25, 0.3) is 0 Å². The van der Waals surface area contributed by atoms with E-state index in [4.69, 9.17) is 0 Å². The van der Waals surface area contributed by atoms with E-state index in [1.54, 1.807) is 5.32 Å². The summed E-state index contributed by atoms with van der Waals surface area (Å²) in [6, 6.07) is -1.59. The van der Waals surface area contributed by atoms with Crippen molar-refractivity contribution in [2.24, 2.45) is 0 Å². The molecule has 0 unspecified atom stereocenters. The number of alkyl halides is 6. The fourth-order valence-electron chi connectivity index (χ4n) is 1.51. The number of halogens is 6. The van der Waals surface area contributed by atoms with E-state index in [9.17, 15) is 40.7 Å². The second-order valence-corrected chi connectivity index (χ2v) is 4.53. The highest BCUT2D eigenvalue weighted by molar-refractivity contribution is 5.87. The molecule has 24 heavy (non-hydrogen) atoms. The quantitative estimate of drug-likeness (QED) is 0.387. The van der Waals surface area contributed by atoms with E-state index >= 15 is 0 Å². The molecule has 0 saturated heterocycles. The fourth-order valence-corrected chi connectivity index (χ4v) is 1.51. The van der Waals surface area contributed by atoms with E-state index in [0.717, 1.165) is 0 Å². The van der Waals surface area contributed by atoms with Crippen LogP contribution in [0, 0.1) is 0 Å². The van der Waals surface area contributed by atoms with Crippen molar-refractivity contribution in [3.8, 4) is 0 Å². The highest BCUT2D eigenvalue weighted by Gasteiger charge is 2.41. The first-order valence-electron chi connectivity index (χ1n) is 6.79. The van der Waals surface area contributed by atoms with E-state index < -0.39 is 36.2 Å². The summed E-state index contributed by atoms with van der Waals surface area (Å²) >= 11 is 0. The third-order valence-corrected chi connectivity index (χ3v) is 2.60. The number of carbonyl (C=O) groups is 3. The molecule has 0 saturated carbocycles. The first kappa shape index (κ1) is 22.0. The van der Waals surface area contributed by atoms with Crippen LogP contribution in [0.3, 0.4) is 0 Å². The lowest BCUT2D eigenvalue weighted by Crippen LogP contribution is -2.47. The van der Waals surface area contributed by atoms with Crippen LogP contribution in [0.1, 0.15) is 26.2 Å². The number of nitrogens with one attached hydrogen (secondary N) is 2. The third kappa shape index (κ3) is 8.58. The van der Waals surface area contributed by atoms with Gasteiger partial charge in [0.05, 0.1) is 6.61 Å². The topological polar surface area (TPSA) is 84.5 Å². The lowest BCUT2D eigenvalue weighted by molar-refractivity contribution is -0.176. The lowest BCUT2D eigenvalue weighted by atomic mass is 10.1. The minimum atomic E-state index is -5.19. The van der Waals surface area contributed by atoms with Crippen LogP contribution in [0.15, 0.2) is 0 Å².